The maximum absolute atomic E-state index is 11.8. The van der Waals surface area contributed by atoms with Gasteiger partial charge in [-0.1, -0.05) is 90.1 Å². The first-order chi connectivity index (χ1) is 9.79. The Morgan fingerprint density at radius 1 is 0.850 bits per heavy atom. The maximum atomic E-state index is 11.8. The van der Waals surface area contributed by atoms with Gasteiger partial charge in [0.1, 0.15) is 0 Å². The van der Waals surface area contributed by atoms with Crippen molar-refractivity contribution in [3.8, 4) is 0 Å². The topological polar surface area (TPSA) is 17.1 Å². The fourth-order valence-corrected chi connectivity index (χ4v) is 1.24. The van der Waals surface area contributed by atoms with E-state index in [-0.39, 0.29) is 5.78 Å². The van der Waals surface area contributed by atoms with Gasteiger partial charge in [-0.15, -0.1) is 0 Å². The van der Waals surface area contributed by atoms with E-state index in [1.54, 1.807) is 0 Å². The Morgan fingerprint density at radius 3 is 1.65 bits per heavy atom. The van der Waals surface area contributed by atoms with Gasteiger partial charge in [-0.2, -0.15) is 0 Å². The normalized spacial score (nSPS) is 9.30. The molecule has 0 atom stereocenters. The Labute approximate surface area is 126 Å². The van der Waals surface area contributed by atoms with Gasteiger partial charge in [0.15, 0.2) is 5.78 Å². The molecule has 114 valence electrons. The van der Waals surface area contributed by atoms with Crippen molar-refractivity contribution in [3.63, 3.8) is 0 Å². The lowest BCUT2D eigenvalue weighted by molar-refractivity contribution is 0.103. The molecule has 0 fully saturated rings. The molecule has 1 heteroatoms. The van der Waals surface area contributed by atoms with Crippen molar-refractivity contribution in [1.82, 2.24) is 0 Å². The Bertz CT molecular complexity index is 359. The van der Waals surface area contributed by atoms with E-state index in [1.807, 2.05) is 104 Å². The largest absolute Gasteiger partial charge is 0.289 e. The van der Waals surface area contributed by atoms with E-state index < -0.39 is 0 Å². The van der Waals surface area contributed by atoms with Crippen molar-refractivity contribution in [2.24, 2.45) is 0 Å². The van der Waals surface area contributed by atoms with Gasteiger partial charge in [0.25, 0.3) is 0 Å². The summed E-state index contributed by atoms with van der Waals surface area (Å²) in [6.07, 6.45) is 5.53. The molecular formula is C19H32O. The van der Waals surface area contributed by atoms with Crippen LogP contribution in [0.25, 0.3) is 0 Å². The minimum absolute atomic E-state index is 0.0752. The molecule has 1 aromatic rings. The number of Topliss-reactive ketones (excluding diaryl/α,β-unsaturated/α-hetero) is 1. The van der Waals surface area contributed by atoms with E-state index in [2.05, 4.69) is 0 Å². The lowest BCUT2D eigenvalue weighted by atomic mass is 10.0. The summed E-state index contributed by atoms with van der Waals surface area (Å²) in [6, 6.07) is 9.30. The molecule has 1 rings (SSSR count). The fourth-order valence-electron chi connectivity index (χ4n) is 1.24. The van der Waals surface area contributed by atoms with E-state index in [4.69, 9.17) is 0 Å². The summed E-state index contributed by atoms with van der Waals surface area (Å²) in [6.45, 7) is 15.8. The highest BCUT2D eigenvalue weighted by Gasteiger charge is 2.06. The van der Waals surface area contributed by atoms with Gasteiger partial charge in [0, 0.05) is 11.1 Å². The molecule has 1 nitrogen and oxygen atoms in total. The summed E-state index contributed by atoms with van der Waals surface area (Å²) < 4.78 is 0. The summed E-state index contributed by atoms with van der Waals surface area (Å²) in [5, 5.41) is 0. The lowest BCUT2D eigenvalue weighted by Crippen LogP contribution is -2.00. The summed E-state index contributed by atoms with van der Waals surface area (Å²) in [5.74, 6) is 0.0752. The quantitative estimate of drug-likeness (QED) is 0.351. The van der Waals surface area contributed by atoms with Crippen LogP contribution in [-0.2, 0) is 0 Å². The zero-order chi connectivity index (χ0) is 16.4. The lowest BCUT2D eigenvalue weighted by Gasteiger charge is -2.00. The molecule has 0 amide bonds. The monoisotopic (exact) mass is 276 g/mol. The second-order valence-corrected chi connectivity index (χ2v) is 2.94. The molecule has 1 aromatic carbocycles. The Morgan fingerprint density at radius 2 is 1.30 bits per heavy atom. The van der Waals surface area contributed by atoms with Crippen LogP contribution < -0.4 is 0 Å². The van der Waals surface area contributed by atoms with Crippen molar-refractivity contribution >= 4 is 5.78 Å². The highest BCUT2D eigenvalue weighted by molar-refractivity contribution is 6.10. The third-order valence-electron chi connectivity index (χ3n) is 1.96. The molecule has 0 aromatic heterocycles. The smallest absolute Gasteiger partial charge is 0.192 e. The highest BCUT2D eigenvalue weighted by atomic mass is 16.1. The Kier molecular flexibility index (Phi) is 23.1. The van der Waals surface area contributed by atoms with Gasteiger partial charge in [-0.25, -0.2) is 0 Å². The molecular weight excluding hydrogens is 244 g/mol. The molecule has 0 aliphatic rings. The fraction of sp³-hybridized carbons (Fsp3) is 0.421. The summed E-state index contributed by atoms with van der Waals surface area (Å²) in [7, 11) is 0. The van der Waals surface area contributed by atoms with Gasteiger partial charge in [0.05, 0.1) is 0 Å². The molecule has 0 N–H and O–H groups in total. The van der Waals surface area contributed by atoms with E-state index >= 15 is 0 Å². The standard InChI is InChI=1S/C13H14O.3C2H6/c1-3-8-11(4-2)13(14)12-9-6-5-7-10-12;3*1-2/h3-10H,1-2H3;3*1-2H3/b8-3-,11-4+;;;. The molecule has 0 saturated carbocycles. The van der Waals surface area contributed by atoms with Crippen LogP contribution in [0.3, 0.4) is 0 Å². The zero-order valence-corrected chi connectivity index (χ0v) is 14.5. The Hall–Kier alpha value is -1.63. The number of ketones is 1. The first kappa shape index (κ1) is 23.5. The Balaban J connectivity index is -0.000000425. The van der Waals surface area contributed by atoms with Crippen LogP contribution in [0.15, 0.2) is 54.1 Å². The minimum Gasteiger partial charge on any atom is -0.289 e. The summed E-state index contributed by atoms with van der Waals surface area (Å²) >= 11 is 0. The average molecular weight is 276 g/mol. The predicted octanol–water partition coefficient (Wildman–Crippen LogP) is 6.47. The van der Waals surface area contributed by atoms with Crippen molar-refractivity contribution in [3.05, 3.63) is 59.7 Å². The highest BCUT2D eigenvalue weighted by Crippen LogP contribution is 2.09. The minimum atomic E-state index is 0.0752. The van der Waals surface area contributed by atoms with Crippen LogP contribution in [0.5, 0.6) is 0 Å². The molecule has 0 saturated heterocycles. The molecule has 0 aliphatic heterocycles. The SMILES string of the molecule is C/C=C\C(=C/C)C(=O)c1ccccc1.CC.CC.CC. The first-order valence-electron chi connectivity index (χ1n) is 7.68. The number of hydrogen-bond acceptors (Lipinski definition) is 1. The number of hydrogen-bond donors (Lipinski definition) is 0. The summed E-state index contributed by atoms with van der Waals surface area (Å²) in [4.78, 5) is 11.8. The van der Waals surface area contributed by atoms with Crippen LogP contribution in [0.2, 0.25) is 0 Å². The van der Waals surface area contributed by atoms with E-state index in [0.717, 1.165) is 11.1 Å². The molecule has 0 heterocycles. The van der Waals surface area contributed by atoms with Gasteiger partial charge in [0.2, 0.25) is 0 Å². The van der Waals surface area contributed by atoms with Crippen LogP contribution >= 0.6 is 0 Å². The summed E-state index contributed by atoms with van der Waals surface area (Å²) in [5.41, 5.74) is 1.47. The van der Waals surface area contributed by atoms with Crippen LogP contribution in [0.4, 0.5) is 0 Å². The van der Waals surface area contributed by atoms with Gasteiger partial charge in [-0.05, 0) is 13.8 Å². The van der Waals surface area contributed by atoms with E-state index in [1.165, 1.54) is 0 Å². The maximum Gasteiger partial charge on any atom is 0.192 e. The first-order valence-corrected chi connectivity index (χ1v) is 7.68. The molecule has 0 unspecified atom stereocenters. The molecule has 0 spiro atoms. The zero-order valence-electron chi connectivity index (χ0n) is 14.5. The average Bonchev–Trinajstić information content (AvgIpc) is 2.58. The van der Waals surface area contributed by atoms with Crippen LogP contribution in [0, 0.1) is 0 Å². The third kappa shape index (κ3) is 10.3. The van der Waals surface area contributed by atoms with E-state index in [9.17, 15) is 4.79 Å². The molecule has 0 bridgehead atoms. The number of allylic oxidation sites excluding steroid dienone is 4. The van der Waals surface area contributed by atoms with Crippen molar-refractivity contribution in [1.29, 1.82) is 0 Å². The van der Waals surface area contributed by atoms with Crippen molar-refractivity contribution < 1.29 is 4.79 Å². The molecule has 20 heavy (non-hydrogen) atoms. The second kappa shape index (κ2) is 19.7. The number of rotatable bonds is 3. The van der Waals surface area contributed by atoms with Gasteiger partial charge in [-0.3, -0.25) is 4.79 Å². The molecule has 0 aliphatic carbocycles. The van der Waals surface area contributed by atoms with Crippen LogP contribution in [-0.4, -0.2) is 5.78 Å². The van der Waals surface area contributed by atoms with Gasteiger partial charge < -0.3 is 0 Å². The molecule has 0 radical (unpaired) electrons. The predicted molar refractivity (Wildman–Crippen MR) is 93.4 cm³/mol. The number of carbonyl (C=O) groups excluding carboxylic acids is 1. The van der Waals surface area contributed by atoms with Gasteiger partial charge >= 0.3 is 0 Å². The van der Waals surface area contributed by atoms with E-state index in [0.29, 0.717) is 0 Å². The van der Waals surface area contributed by atoms with Crippen LogP contribution in [0.1, 0.15) is 65.7 Å². The number of carbonyl (C=O) groups is 1. The van der Waals surface area contributed by atoms with Crippen molar-refractivity contribution in [2.45, 2.75) is 55.4 Å². The second-order valence-electron chi connectivity index (χ2n) is 2.94. The number of benzene rings is 1. The van der Waals surface area contributed by atoms with Crippen molar-refractivity contribution in [2.75, 3.05) is 0 Å². The third-order valence-corrected chi connectivity index (χ3v) is 1.96.